The number of hydrogen-bond acceptors (Lipinski definition) is 3. The highest BCUT2D eigenvalue weighted by molar-refractivity contribution is 5.74. The summed E-state index contributed by atoms with van der Waals surface area (Å²) in [6, 6.07) is 7.31. The van der Waals surface area contributed by atoms with Crippen LogP contribution in [0.2, 0.25) is 0 Å². The maximum atomic E-state index is 10.5. The molecule has 0 saturated heterocycles. The maximum Gasteiger partial charge on any atom is 0.323 e. The Balaban J connectivity index is 2.87. The van der Waals surface area contributed by atoms with Gasteiger partial charge in [0, 0.05) is 7.05 Å². The molecule has 0 spiro atoms. The van der Waals surface area contributed by atoms with Crippen LogP contribution in [0.3, 0.4) is 0 Å². The van der Waals surface area contributed by atoms with E-state index in [1.54, 1.807) is 25.1 Å². The molecule has 0 radical (unpaired) electrons. The summed E-state index contributed by atoms with van der Waals surface area (Å²) in [4.78, 5) is 12.1. The Labute approximate surface area is 82.7 Å². The second-order valence-electron chi connectivity index (χ2n) is 2.92. The number of aliphatic carboxylic acids is 1. The molecule has 0 atom stereocenters. The first-order valence-corrected chi connectivity index (χ1v) is 4.21. The second kappa shape index (κ2) is 4.50. The molecule has 0 unspecified atom stereocenters. The van der Waals surface area contributed by atoms with Gasteiger partial charge in [0.1, 0.15) is 12.3 Å². The number of para-hydroxylation sites is 2. The first kappa shape index (κ1) is 10.4. The quantitative estimate of drug-likeness (QED) is 0.784. The van der Waals surface area contributed by atoms with Gasteiger partial charge < -0.3 is 14.7 Å². The minimum Gasteiger partial charge on any atom is -0.495 e. The van der Waals surface area contributed by atoms with Gasteiger partial charge in [-0.25, -0.2) is 0 Å². The molecule has 0 saturated carbocycles. The molecule has 0 aliphatic carbocycles. The van der Waals surface area contributed by atoms with Crippen molar-refractivity contribution in [2.75, 3.05) is 25.6 Å². The Morgan fingerprint density at radius 3 is 2.71 bits per heavy atom. The number of anilines is 1. The lowest BCUT2D eigenvalue weighted by atomic mass is 10.2. The van der Waals surface area contributed by atoms with Crippen LogP contribution < -0.4 is 9.64 Å². The van der Waals surface area contributed by atoms with Crippen molar-refractivity contribution in [3.63, 3.8) is 0 Å². The fourth-order valence-corrected chi connectivity index (χ4v) is 1.23. The van der Waals surface area contributed by atoms with Gasteiger partial charge in [-0.05, 0) is 12.1 Å². The van der Waals surface area contributed by atoms with Crippen LogP contribution in [0.1, 0.15) is 0 Å². The van der Waals surface area contributed by atoms with Crippen molar-refractivity contribution in [1.29, 1.82) is 0 Å². The number of likely N-dealkylation sites (N-methyl/N-ethyl adjacent to an activating group) is 1. The number of carboxylic acid groups (broad SMARTS) is 1. The molecular formula is C10H13NO3. The Morgan fingerprint density at radius 1 is 1.50 bits per heavy atom. The summed E-state index contributed by atoms with van der Waals surface area (Å²) in [5, 5.41) is 8.63. The van der Waals surface area contributed by atoms with Crippen LogP contribution in [-0.4, -0.2) is 31.8 Å². The van der Waals surface area contributed by atoms with Gasteiger partial charge in [0.2, 0.25) is 0 Å². The normalized spacial score (nSPS) is 9.57. The van der Waals surface area contributed by atoms with E-state index in [4.69, 9.17) is 9.84 Å². The van der Waals surface area contributed by atoms with Crippen molar-refractivity contribution >= 4 is 11.7 Å². The van der Waals surface area contributed by atoms with Gasteiger partial charge in [-0.2, -0.15) is 0 Å². The lowest BCUT2D eigenvalue weighted by Gasteiger charge is -2.19. The van der Waals surface area contributed by atoms with Crippen LogP contribution >= 0.6 is 0 Å². The standard InChI is InChI=1S/C10H13NO3/c1-11(7-10(12)13)8-5-3-4-6-9(8)14-2/h3-6H,7H2,1-2H3,(H,12,13). The molecule has 0 aromatic heterocycles. The average Bonchev–Trinajstić information content (AvgIpc) is 2.16. The van der Waals surface area contributed by atoms with Crippen LogP contribution in [0.5, 0.6) is 5.75 Å². The number of hydrogen-bond donors (Lipinski definition) is 1. The number of carboxylic acids is 1. The molecule has 4 heteroatoms. The number of rotatable bonds is 4. The molecule has 4 nitrogen and oxygen atoms in total. The largest absolute Gasteiger partial charge is 0.495 e. The molecular weight excluding hydrogens is 182 g/mol. The Morgan fingerprint density at radius 2 is 2.14 bits per heavy atom. The Bertz CT molecular complexity index is 325. The fourth-order valence-electron chi connectivity index (χ4n) is 1.23. The number of benzene rings is 1. The summed E-state index contributed by atoms with van der Waals surface area (Å²) in [5.74, 6) is -0.186. The van der Waals surface area contributed by atoms with E-state index < -0.39 is 5.97 Å². The minimum absolute atomic E-state index is 0.0413. The van der Waals surface area contributed by atoms with Crippen molar-refractivity contribution in [2.45, 2.75) is 0 Å². The molecule has 1 rings (SSSR count). The van der Waals surface area contributed by atoms with Crippen LogP contribution in [-0.2, 0) is 4.79 Å². The van der Waals surface area contributed by atoms with E-state index in [9.17, 15) is 4.79 Å². The first-order valence-electron chi connectivity index (χ1n) is 4.21. The van der Waals surface area contributed by atoms with E-state index in [-0.39, 0.29) is 6.54 Å². The van der Waals surface area contributed by atoms with Gasteiger partial charge in [-0.15, -0.1) is 0 Å². The van der Waals surface area contributed by atoms with Crippen molar-refractivity contribution in [3.8, 4) is 5.75 Å². The van der Waals surface area contributed by atoms with Crippen molar-refractivity contribution in [1.82, 2.24) is 0 Å². The molecule has 0 fully saturated rings. The van der Waals surface area contributed by atoms with E-state index in [0.717, 1.165) is 5.69 Å². The summed E-state index contributed by atoms with van der Waals surface area (Å²) in [6.45, 7) is -0.0413. The van der Waals surface area contributed by atoms with Gasteiger partial charge in [0.15, 0.2) is 0 Å². The van der Waals surface area contributed by atoms with E-state index in [1.165, 1.54) is 0 Å². The third-order valence-electron chi connectivity index (χ3n) is 1.87. The summed E-state index contributed by atoms with van der Waals surface area (Å²) >= 11 is 0. The molecule has 0 aliphatic rings. The first-order chi connectivity index (χ1) is 6.65. The lowest BCUT2D eigenvalue weighted by molar-refractivity contribution is -0.135. The summed E-state index contributed by atoms with van der Waals surface area (Å²) < 4.78 is 5.11. The maximum absolute atomic E-state index is 10.5. The highest BCUT2D eigenvalue weighted by Gasteiger charge is 2.09. The van der Waals surface area contributed by atoms with Crippen LogP contribution in [0.25, 0.3) is 0 Å². The highest BCUT2D eigenvalue weighted by atomic mass is 16.5. The SMILES string of the molecule is COc1ccccc1N(C)CC(=O)O. The molecule has 0 bridgehead atoms. The minimum atomic E-state index is -0.863. The molecule has 1 aromatic carbocycles. The molecule has 1 N–H and O–H groups in total. The Hall–Kier alpha value is -1.71. The number of methoxy groups -OCH3 is 1. The predicted octanol–water partition coefficient (Wildman–Crippen LogP) is 1.22. The summed E-state index contributed by atoms with van der Waals surface area (Å²) in [6.07, 6.45) is 0. The summed E-state index contributed by atoms with van der Waals surface area (Å²) in [7, 11) is 3.28. The second-order valence-corrected chi connectivity index (χ2v) is 2.92. The van der Waals surface area contributed by atoms with Gasteiger partial charge in [-0.3, -0.25) is 4.79 Å². The predicted molar refractivity (Wildman–Crippen MR) is 53.9 cm³/mol. The van der Waals surface area contributed by atoms with E-state index in [0.29, 0.717) is 5.75 Å². The van der Waals surface area contributed by atoms with Crippen molar-refractivity contribution in [2.24, 2.45) is 0 Å². The molecule has 0 aliphatic heterocycles. The van der Waals surface area contributed by atoms with Gasteiger partial charge in [-0.1, -0.05) is 12.1 Å². The lowest BCUT2D eigenvalue weighted by Crippen LogP contribution is -2.25. The molecule has 76 valence electrons. The zero-order valence-electron chi connectivity index (χ0n) is 8.23. The van der Waals surface area contributed by atoms with E-state index in [2.05, 4.69) is 0 Å². The number of nitrogens with zero attached hydrogens (tertiary/aromatic N) is 1. The third-order valence-corrected chi connectivity index (χ3v) is 1.87. The zero-order valence-corrected chi connectivity index (χ0v) is 8.23. The van der Waals surface area contributed by atoms with Crippen molar-refractivity contribution < 1.29 is 14.6 Å². The fraction of sp³-hybridized carbons (Fsp3) is 0.300. The monoisotopic (exact) mass is 195 g/mol. The molecule has 0 amide bonds. The van der Waals surface area contributed by atoms with Gasteiger partial charge >= 0.3 is 5.97 Å². The van der Waals surface area contributed by atoms with Gasteiger partial charge in [0.25, 0.3) is 0 Å². The third kappa shape index (κ3) is 2.39. The zero-order chi connectivity index (χ0) is 10.6. The van der Waals surface area contributed by atoms with Crippen LogP contribution in [0.4, 0.5) is 5.69 Å². The topological polar surface area (TPSA) is 49.8 Å². The highest BCUT2D eigenvalue weighted by Crippen LogP contribution is 2.25. The molecule has 1 aromatic rings. The molecule has 0 heterocycles. The van der Waals surface area contributed by atoms with Crippen molar-refractivity contribution in [3.05, 3.63) is 24.3 Å². The number of ether oxygens (including phenoxy) is 1. The van der Waals surface area contributed by atoms with E-state index in [1.807, 2.05) is 18.2 Å². The Kier molecular flexibility index (Phi) is 3.34. The van der Waals surface area contributed by atoms with E-state index >= 15 is 0 Å². The van der Waals surface area contributed by atoms with Crippen LogP contribution in [0.15, 0.2) is 24.3 Å². The average molecular weight is 195 g/mol. The van der Waals surface area contributed by atoms with Crippen LogP contribution in [0, 0.1) is 0 Å². The number of carbonyl (C=O) groups is 1. The molecule has 14 heavy (non-hydrogen) atoms. The smallest absolute Gasteiger partial charge is 0.323 e. The van der Waals surface area contributed by atoms with Gasteiger partial charge in [0.05, 0.1) is 12.8 Å². The summed E-state index contributed by atoms with van der Waals surface area (Å²) in [5.41, 5.74) is 0.775.